The molecule has 1 aliphatic rings. The number of hydrogen-bond donors (Lipinski definition) is 1. The van der Waals surface area contributed by atoms with E-state index in [1.807, 2.05) is 6.07 Å². The number of benzene rings is 2. The summed E-state index contributed by atoms with van der Waals surface area (Å²) >= 11 is 1.16. The van der Waals surface area contributed by atoms with Crippen molar-refractivity contribution in [2.45, 2.75) is 37.0 Å². The average Bonchev–Trinajstić information content (AvgIpc) is 3.27. The van der Waals surface area contributed by atoms with Gasteiger partial charge in [-0.3, -0.25) is 14.4 Å². The van der Waals surface area contributed by atoms with E-state index in [2.05, 4.69) is 10.3 Å². The van der Waals surface area contributed by atoms with Gasteiger partial charge in [0.15, 0.2) is 20.8 Å². The lowest BCUT2D eigenvalue weighted by Crippen LogP contribution is -2.23. The summed E-state index contributed by atoms with van der Waals surface area (Å²) in [4.78, 5) is 44.9. The molecule has 0 radical (unpaired) electrons. The lowest BCUT2D eigenvalue weighted by molar-refractivity contribution is -0.115. The Hall–Kier alpha value is -3.37. The van der Waals surface area contributed by atoms with Gasteiger partial charge in [-0.15, -0.1) is 0 Å². The molecule has 0 fully saturated rings. The second-order valence-corrected chi connectivity index (χ2v) is 12.1. The van der Waals surface area contributed by atoms with Crippen LogP contribution in [0.1, 0.15) is 56.1 Å². The molecule has 0 saturated carbocycles. The first-order valence-corrected chi connectivity index (χ1v) is 14.0. The quantitative estimate of drug-likeness (QED) is 0.503. The van der Waals surface area contributed by atoms with Crippen LogP contribution in [0.4, 0.5) is 5.13 Å². The second kappa shape index (κ2) is 10.3. The minimum absolute atomic E-state index is 0.0146. The van der Waals surface area contributed by atoms with Crippen LogP contribution in [0.15, 0.2) is 53.4 Å². The molecule has 1 atom stereocenters. The highest BCUT2D eigenvalue weighted by atomic mass is 32.2. The van der Waals surface area contributed by atoms with Crippen LogP contribution in [0.2, 0.25) is 0 Å². The number of aromatic nitrogens is 1. The number of aryl methyl sites for hydroxylation is 1. The summed E-state index contributed by atoms with van der Waals surface area (Å²) in [6.45, 7) is 1.58. The van der Waals surface area contributed by atoms with Crippen molar-refractivity contribution >= 4 is 43.9 Å². The van der Waals surface area contributed by atoms with Gasteiger partial charge in [-0.25, -0.2) is 13.4 Å². The molecule has 36 heavy (non-hydrogen) atoms. The Morgan fingerprint density at radius 3 is 2.53 bits per heavy atom. The molecule has 2 amide bonds. The number of hydrogen-bond acceptors (Lipinski definition) is 7. The highest BCUT2D eigenvalue weighted by Crippen LogP contribution is 2.37. The number of anilines is 1. The minimum atomic E-state index is -3.29. The Kier molecular flexibility index (Phi) is 7.37. The number of Topliss-reactive ketones (excluding diaryl/α,β-unsaturated/α-hetero) is 1. The number of sulfone groups is 1. The van der Waals surface area contributed by atoms with Crippen LogP contribution in [0.25, 0.3) is 0 Å². The third-order valence-electron chi connectivity index (χ3n) is 6.12. The Labute approximate surface area is 214 Å². The number of carbonyl (C=O) groups excluding carboxylic acids is 3. The van der Waals surface area contributed by atoms with Gasteiger partial charge in [0, 0.05) is 25.6 Å². The van der Waals surface area contributed by atoms with Crippen LogP contribution in [-0.2, 0) is 27.5 Å². The summed E-state index contributed by atoms with van der Waals surface area (Å²) < 4.78 is 23.9. The largest absolute Gasteiger partial charge is 0.345 e. The molecule has 3 aromatic rings. The van der Waals surface area contributed by atoms with Crippen molar-refractivity contribution in [2.75, 3.05) is 25.2 Å². The Bertz CT molecular complexity index is 1430. The third-order valence-corrected chi connectivity index (χ3v) is 8.90. The predicted molar refractivity (Wildman–Crippen MR) is 138 cm³/mol. The van der Waals surface area contributed by atoms with E-state index in [0.717, 1.165) is 16.9 Å². The van der Waals surface area contributed by atoms with Gasteiger partial charge in [-0.1, -0.05) is 42.5 Å². The number of nitrogens with zero attached hydrogens (tertiary/aromatic N) is 2. The third kappa shape index (κ3) is 5.39. The van der Waals surface area contributed by atoms with Gasteiger partial charge in [0.05, 0.1) is 27.6 Å². The first kappa shape index (κ1) is 25.7. The highest BCUT2D eigenvalue weighted by Gasteiger charge is 2.32. The molecule has 0 bridgehead atoms. The second-order valence-electron chi connectivity index (χ2n) is 8.85. The molecular weight excluding hydrogens is 498 g/mol. The molecule has 8 nitrogen and oxygen atoms in total. The molecule has 1 N–H and O–H groups in total. The standard InChI is InChI=1S/C26H27N3O5S2/c1-4-36(33,34)19-10-8-16(9-11-19)14-22(30)28-26-27-21-13-12-20(23(31)24(21)35-26)17-6-5-7-18(15-17)25(32)29(2)3/h5-11,15,20H,4,12-14H2,1-3H3,(H,27,28,30). The molecule has 188 valence electrons. The Morgan fingerprint density at radius 1 is 1.14 bits per heavy atom. The molecule has 10 heteroatoms. The number of ketones is 1. The van der Waals surface area contributed by atoms with Gasteiger partial charge in [-0.2, -0.15) is 0 Å². The van der Waals surface area contributed by atoms with E-state index in [4.69, 9.17) is 0 Å². The zero-order valence-electron chi connectivity index (χ0n) is 20.3. The molecule has 1 unspecified atom stereocenters. The summed E-state index contributed by atoms with van der Waals surface area (Å²) in [6, 6.07) is 13.4. The molecule has 1 aromatic heterocycles. The molecular formula is C26H27N3O5S2. The van der Waals surface area contributed by atoms with Crippen molar-refractivity contribution in [1.29, 1.82) is 0 Å². The fourth-order valence-corrected chi connectivity index (χ4v) is 6.04. The normalized spacial score (nSPS) is 15.3. The van der Waals surface area contributed by atoms with Gasteiger partial charge in [0.1, 0.15) is 0 Å². The number of carbonyl (C=O) groups is 3. The number of fused-ring (bicyclic) bond motifs is 1. The van der Waals surface area contributed by atoms with E-state index in [9.17, 15) is 22.8 Å². The number of nitrogens with one attached hydrogen (secondary N) is 1. The predicted octanol–water partition coefficient (Wildman–Crippen LogP) is 3.73. The van der Waals surface area contributed by atoms with E-state index in [1.54, 1.807) is 51.4 Å². The summed E-state index contributed by atoms with van der Waals surface area (Å²) in [5, 5.41) is 3.12. The van der Waals surface area contributed by atoms with Crippen LogP contribution in [0, 0.1) is 0 Å². The molecule has 0 saturated heterocycles. The fourth-order valence-electron chi connectivity index (χ4n) is 4.13. The smallest absolute Gasteiger partial charge is 0.253 e. The molecule has 0 aliphatic heterocycles. The van der Waals surface area contributed by atoms with Gasteiger partial charge in [-0.05, 0) is 48.2 Å². The van der Waals surface area contributed by atoms with Crippen LogP contribution >= 0.6 is 11.3 Å². The molecule has 0 spiro atoms. The zero-order chi connectivity index (χ0) is 26.0. The summed E-state index contributed by atoms with van der Waals surface area (Å²) in [6.07, 6.45) is 1.23. The van der Waals surface area contributed by atoms with E-state index in [0.29, 0.717) is 39.7 Å². The number of amides is 2. The van der Waals surface area contributed by atoms with Gasteiger partial charge in [0.2, 0.25) is 5.91 Å². The van der Waals surface area contributed by atoms with E-state index >= 15 is 0 Å². The first-order chi connectivity index (χ1) is 17.1. The van der Waals surface area contributed by atoms with E-state index in [1.165, 1.54) is 17.0 Å². The van der Waals surface area contributed by atoms with Crippen LogP contribution in [0.5, 0.6) is 0 Å². The fraction of sp³-hybridized carbons (Fsp3) is 0.308. The number of thiazole rings is 1. The van der Waals surface area contributed by atoms with Crippen molar-refractivity contribution in [2.24, 2.45) is 0 Å². The number of rotatable bonds is 7. The lowest BCUT2D eigenvalue weighted by Gasteiger charge is -2.21. The maximum atomic E-state index is 13.3. The van der Waals surface area contributed by atoms with Crippen LogP contribution in [0.3, 0.4) is 0 Å². The van der Waals surface area contributed by atoms with Crippen LogP contribution < -0.4 is 5.32 Å². The van der Waals surface area contributed by atoms with E-state index in [-0.39, 0.29) is 40.6 Å². The molecule has 4 rings (SSSR count). The average molecular weight is 526 g/mol. The zero-order valence-corrected chi connectivity index (χ0v) is 21.9. The topological polar surface area (TPSA) is 114 Å². The maximum Gasteiger partial charge on any atom is 0.253 e. The van der Waals surface area contributed by atoms with Crippen molar-refractivity contribution in [3.8, 4) is 0 Å². The van der Waals surface area contributed by atoms with Crippen LogP contribution in [-0.4, -0.2) is 55.7 Å². The van der Waals surface area contributed by atoms with Crippen molar-refractivity contribution in [1.82, 2.24) is 9.88 Å². The summed E-state index contributed by atoms with van der Waals surface area (Å²) in [5.41, 5.74) is 2.68. The van der Waals surface area contributed by atoms with E-state index < -0.39 is 9.84 Å². The first-order valence-electron chi connectivity index (χ1n) is 11.6. The van der Waals surface area contributed by atoms with Gasteiger partial charge >= 0.3 is 0 Å². The minimum Gasteiger partial charge on any atom is -0.345 e. The Morgan fingerprint density at radius 2 is 1.86 bits per heavy atom. The summed E-state index contributed by atoms with van der Waals surface area (Å²) in [7, 11) is 0.0791. The lowest BCUT2D eigenvalue weighted by atomic mass is 9.84. The molecule has 2 aromatic carbocycles. The molecule has 1 aliphatic carbocycles. The van der Waals surface area contributed by atoms with Crippen molar-refractivity contribution in [3.63, 3.8) is 0 Å². The monoisotopic (exact) mass is 525 g/mol. The highest BCUT2D eigenvalue weighted by molar-refractivity contribution is 7.91. The van der Waals surface area contributed by atoms with Crippen molar-refractivity contribution in [3.05, 3.63) is 75.8 Å². The van der Waals surface area contributed by atoms with Crippen molar-refractivity contribution < 1.29 is 22.8 Å². The Balaban J connectivity index is 1.45. The summed E-state index contributed by atoms with van der Waals surface area (Å²) in [5.74, 6) is -0.831. The van der Waals surface area contributed by atoms with Gasteiger partial charge < -0.3 is 10.2 Å². The molecule has 1 heterocycles. The SMILES string of the molecule is CCS(=O)(=O)c1ccc(CC(=O)Nc2nc3c(s2)C(=O)C(c2cccc(C(=O)N(C)C)c2)CC3)cc1. The van der Waals surface area contributed by atoms with Gasteiger partial charge in [0.25, 0.3) is 5.91 Å². The maximum absolute atomic E-state index is 13.3.